The molecule has 0 atom stereocenters. The van der Waals surface area contributed by atoms with Crippen molar-refractivity contribution in [3.63, 3.8) is 0 Å². The molecule has 0 fully saturated rings. The van der Waals surface area contributed by atoms with E-state index in [0.29, 0.717) is 11.8 Å². The summed E-state index contributed by atoms with van der Waals surface area (Å²) in [4.78, 5) is 13.6. The van der Waals surface area contributed by atoms with Gasteiger partial charge in [0.05, 0.1) is 11.9 Å². The van der Waals surface area contributed by atoms with E-state index >= 15 is 0 Å². The van der Waals surface area contributed by atoms with Crippen molar-refractivity contribution in [1.29, 1.82) is 0 Å². The molecule has 162 valence electrons. The Morgan fingerprint density at radius 3 is 2.75 bits per heavy atom. The van der Waals surface area contributed by atoms with Gasteiger partial charge in [0.15, 0.2) is 5.69 Å². The molecule has 13 heteroatoms. The highest BCUT2D eigenvalue weighted by atomic mass is 32.2. The van der Waals surface area contributed by atoms with Gasteiger partial charge in [-0.25, -0.2) is 18.8 Å². The summed E-state index contributed by atoms with van der Waals surface area (Å²) in [7, 11) is 0. The quantitative estimate of drug-likeness (QED) is 0.246. The van der Waals surface area contributed by atoms with Crippen LogP contribution in [0.15, 0.2) is 63.2 Å². The van der Waals surface area contributed by atoms with Crippen molar-refractivity contribution in [1.82, 2.24) is 30.7 Å². The van der Waals surface area contributed by atoms with E-state index < -0.39 is 17.5 Å². The van der Waals surface area contributed by atoms with Gasteiger partial charge in [-0.2, -0.15) is 9.78 Å². The van der Waals surface area contributed by atoms with E-state index in [9.17, 15) is 13.6 Å². The molecule has 32 heavy (non-hydrogen) atoms. The number of thioether (sulfide) groups is 1. The van der Waals surface area contributed by atoms with Gasteiger partial charge in [-0.15, -0.1) is 16.9 Å². The Bertz CT molecular complexity index is 1280. The number of nitrogen functional groups attached to an aromatic ring is 1. The first kappa shape index (κ1) is 21.1. The monoisotopic (exact) mass is 456 g/mol. The fourth-order valence-electron chi connectivity index (χ4n) is 2.60. The molecule has 4 aromatic rings. The molecule has 0 unspecified atom stereocenters. The maximum absolute atomic E-state index is 13.7. The van der Waals surface area contributed by atoms with Crippen molar-refractivity contribution >= 4 is 29.7 Å². The number of nitrogens with two attached hydrogens (primary N) is 1. The highest BCUT2D eigenvalue weighted by molar-refractivity contribution is 7.98. The Morgan fingerprint density at radius 2 is 2.03 bits per heavy atom. The Hall–Kier alpha value is -4.13. The van der Waals surface area contributed by atoms with Gasteiger partial charge in [0.2, 0.25) is 11.6 Å². The van der Waals surface area contributed by atoms with Crippen LogP contribution in [0.5, 0.6) is 0 Å². The number of anilines is 1. The zero-order chi connectivity index (χ0) is 22.5. The standard InChI is InChI=1S/C19H14F2N8O2S/c20-12-7-6-11(14(21)8-12)9-23-25-19(30)16-15(10-32-13-4-2-1-3-5-13)29(28-24-16)18-17(22)26-31-27-18/h1-9H,10H2,(H2,22,26)(H,25,30). The second-order valence-electron chi connectivity index (χ2n) is 6.24. The molecule has 0 saturated carbocycles. The maximum Gasteiger partial charge on any atom is 0.293 e. The SMILES string of the molecule is Nc1nonc1-n1nnc(C(=O)NN=Cc2ccc(F)cc2F)c1CSc1ccccc1. The van der Waals surface area contributed by atoms with E-state index in [1.54, 1.807) is 0 Å². The van der Waals surface area contributed by atoms with Crippen LogP contribution in [0.3, 0.4) is 0 Å². The molecule has 1 amide bonds. The van der Waals surface area contributed by atoms with Gasteiger partial charge >= 0.3 is 0 Å². The predicted molar refractivity (Wildman–Crippen MR) is 111 cm³/mol. The third-order valence-electron chi connectivity index (χ3n) is 4.13. The molecule has 0 spiro atoms. The number of halogens is 2. The van der Waals surface area contributed by atoms with E-state index in [-0.39, 0.29) is 28.6 Å². The van der Waals surface area contributed by atoms with Crippen molar-refractivity contribution in [3.8, 4) is 5.82 Å². The lowest BCUT2D eigenvalue weighted by Gasteiger charge is -2.05. The van der Waals surface area contributed by atoms with Crippen LogP contribution in [0.4, 0.5) is 14.6 Å². The number of hydrogen-bond acceptors (Lipinski definition) is 9. The highest BCUT2D eigenvalue weighted by Crippen LogP contribution is 2.25. The molecule has 0 aliphatic carbocycles. The Labute approximate surface area is 183 Å². The summed E-state index contributed by atoms with van der Waals surface area (Å²) in [5.74, 6) is -1.91. The predicted octanol–water partition coefficient (Wildman–Crippen LogP) is 2.57. The van der Waals surface area contributed by atoms with Gasteiger partial charge < -0.3 is 5.73 Å². The molecular formula is C19H14F2N8O2S. The van der Waals surface area contributed by atoms with Crippen LogP contribution >= 0.6 is 11.8 Å². The lowest BCUT2D eigenvalue weighted by Crippen LogP contribution is -2.20. The number of carbonyl (C=O) groups is 1. The third kappa shape index (κ3) is 4.62. The van der Waals surface area contributed by atoms with E-state index in [2.05, 4.69) is 35.8 Å². The lowest BCUT2D eigenvalue weighted by molar-refractivity contribution is 0.0949. The third-order valence-corrected chi connectivity index (χ3v) is 5.15. The average Bonchev–Trinajstić information content (AvgIpc) is 3.40. The molecule has 2 aromatic heterocycles. The second-order valence-corrected chi connectivity index (χ2v) is 7.29. The van der Waals surface area contributed by atoms with Crippen molar-refractivity contribution < 1.29 is 18.2 Å². The Morgan fingerprint density at radius 1 is 1.22 bits per heavy atom. The summed E-state index contributed by atoms with van der Waals surface area (Å²) in [6.45, 7) is 0. The molecule has 0 radical (unpaired) electrons. The van der Waals surface area contributed by atoms with Crippen LogP contribution < -0.4 is 11.2 Å². The van der Waals surface area contributed by atoms with Crippen LogP contribution in [0, 0.1) is 11.6 Å². The summed E-state index contributed by atoms with van der Waals surface area (Å²) in [5.41, 5.74) is 8.32. The fourth-order valence-corrected chi connectivity index (χ4v) is 3.52. The molecule has 0 saturated heterocycles. The number of hydrazone groups is 1. The number of benzene rings is 2. The van der Waals surface area contributed by atoms with Gasteiger partial charge in [-0.1, -0.05) is 23.4 Å². The summed E-state index contributed by atoms with van der Waals surface area (Å²) in [6, 6.07) is 12.5. The van der Waals surface area contributed by atoms with Crippen molar-refractivity contribution in [2.45, 2.75) is 10.6 Å². The molecule has 3 N–H and O–H groups in total. The summed E-state index contributed by atoms with van der Waals surface area (Å²) >= 11 is 1.43. The summed E-state index contributed by atoms with van der Waals surface area (Å²) in [5, 5.41) is 18.8. The van der Waals surface area contributed by atoms with Crippen LogP contribution in [0.1, 0.15) is 21.7 Å². The van der Waals surface area contributed by atoms with Crippen LogP contribution in [-0.4, -0.2) is 37.4 Å². The van der Waals surface area contributed by atoms with Gasteiger partial charge in [0, 0.05) is 22.3 Å². The molecule has 2 aromatic carbocycles. The molecule has 4 rings (SSSR count). The first-order chi connectivity index (χ1) is 15.5. The number of aromatic nitrogens is 5. The van der Waals surface area contributed by atoms with Gasteiger partial charge in [-0.3, -0.25) is 4.79 Å². The lowest BCUT2D eigenvalue weighted by atomic mass is 10.2. The number of nitrogens with zero attached hydrogens (tertiary/aromatic N) is 6. The number of nitrogens with one attached hydrogen (secondary N) is 1. The molecule has 0 aliphatic heterocycles. The van der Waals surface area contributed by atoms with E-state index in [4.69, 9.17) is 5.73 Å². The number of rotatable bonds is 7. The first-order valence-electron chi connectivity index (χ1n) is 9.02. The fraction of sp³-hybridized carbons (Fsp3) is 0.0526. The minimum absolute atomic E-state index is 0.00310. The largest absolute Gasteiger partial charge is 0.378 e. The Kier molecular flexibility index (Phi) is 6.17. The number of hydrogen-bond donors (Lipinski definition) is 2. The van der Waals surface area contributed by atoms with E-state index in [1.807, 2.05) is 30.3 Å². The molecule has 0 bridgehead atoms. The normalized spacial score (nSPS) is 11.2. The zero-order valence-electron chi connectivity index (χ0n) is 16.1. The number of amides is 1. The highest BCUT2D eigenvalue weighted by Gasteiger charge is 2.24. The molecule has 2 heterocycles. The van der Waals surface area contributed by atoms with Crippen molar-refractivity contribution in [2.24, 2.45) is 5.10 Å². The van der Waals surface area contributed by atoms with Gasteiger partial charge in [-0.05, 0) is 34.6 Å². The van der Waals surface area contributed by atoms with E-state index in [0.717, 1.165) is 17.2 Å². The van der Waals surface area contributed by atoms with Crippen LogP contribution in [0.2, 0.25) is 0 Å². The first-order valence-corrected chi connectivity index (χ1v) is 10.0. The molecule has 0 aliphatic rings. The zero-order valence-corrected chi connectivity index (χ0v) is 17.0. The second kappa shape index (κ2) is 9.34. The van der Waals surface area contributed by atoms with E-state index in [1.165, 1.54) is 22.5 Å². The Balaban J connectivity index is 1.58. The van der Waals surface area contributed by atoms with Crippen molar-refractivity contribution in [2.75, 3.05) is 5.73 Å². The van der Waals surface area contributed by atoms with Crippen LogP contribution in [-0.2, 0) is 5.75 Å². The van der Waals surface area contributed by atoms with Crippen LogP contribution in [0.25, 0.3) is 5.82 Å². The topological polar surface area (TPSA) is 137 Å². The minimum atomic E-state index is -0.817. The van der Waals surface area contributed by atoms with Gasteiger partial charge in [0.1, 0.15) is 11.6 Å². The summed E-state index contributed by atoms with van der Waals surface area (Å²) in [6.07, 6.45) is 1.05. The van der Waals surface area contributed by atoms with Gasteiger partial charge in [0.25, 0.3) is 5.91 Å². The molecular weight excluding hydrogens is 442 g/mol. The maximum atomic E-state index is 13.7. The minimum Gasteiger partial charge on any atom is -0.378 e. The smallest absolute Gasteiger partial charge is 0.293 e. The average molecular weight is 456 g/mol. The summed E-state index contributed by atoms with van der Waals surface area (Å²) < 4.78 is 32.6. The van der Waals surface area contributed by atoms with Crippen molar-refractivity contribution in [3.05, 3.63) is 77.1 Å². The molecule has 10 nitrogen and oxygen atoms in total. The number of carbonyl (C=O) groups excluding carboxylic acids is 1.